The molecule has 0 aliphatic heterocycles. The highest BCUT2D eigenvalue weighted by atomic mass is 16.4. The van der Waals surface area contributed by atoms with Crippen LogP contribution >= 0.6 is 0 Å². The van der Waals surface area contributed by atoms with Crippen LogP contribution in [0.15, 0.2) is 23.0 Å². The van der Waals surface area contributed by atoms with Gasteiger partial charge in [0.1, 0.15) is 5.56 Å². The van der Waals surface area contributed by atoms with Crippen LogP contribution in [0.4, 0.5) is 0 Å². The SMILES string of the molecule is Cc1c(C(=O)O)c(=O)[nH]c2cc(C3CCC3)ccc12. The van der Waals surface area contributed by atoms with Crippen LogP contribution in [0.2, 0.25) is 0 Å². The molecule has 4 nitrogen and oxygen atoms in total. The predicted molar refractivity (Wildman–Crippen MR) is 72.9 cm³/mol. The number of pyridine rings is 1. The van der Waals surface area contributed by atoms with Gasteiger partial charge in [-0.2, -0.15) is 0 Å². The van der Waals surface area contributed by atoms with Crippen molar-refractivity contribution in [2.45, 2.75) is 32.1 Å². The first-order valence-corrected chi connectivity index (χ1v) is 6.48. The van der Waals surface area contributed by atoms with Crippen LogP contribution in [0.3, 0.4) is 0 Å². The number of hydrogen-bond acceptors (Lipinski definition) is 2. The van der Waals surface area contributed by atoms with Crippen molar-refractivity contribution in [2.75, 3.05) is 0 Å². The van der Waals surface area contributed by atoms with Gasteiger partial charge in [-0.05, 0) is 42.9 Å². The minimum absolute atomic E-state index is 0.163. The van der Waals surface area contributed by atoms with Gasteiger partial charge in [-0.3, -0.25) is 4.79 Å². The summed E-state index contributed by atoms with van der Waals surface area (Å²) >= 11 is 0. The molecule has 1 aromatic heterocycles. The Hall–Kier alpha value is -2.10. The van der Waals surface area contributed by atoms with Crippen molar-refractivity contribution >= 4 is 16.9 Å². The molecule has 3 rings (SSSR count). The lowest BCUT2D eigenvalue weighted by atomic mass is 9.80. The second-order valence-electron chi connectivity index (χ2n) is 5.19. The molecular weight excluding hydrogens is 242 g/mol. The summed E-state index contributed by atoms with van der Waals surface area (Å²) in [4.78, 5) is 25.6. The quantitative estimate of drug-likeness (QED) is 0.869. The first-order chi connectivity index (χ1) is 9.08. The number of fused-ring (bicyclic) bond motifs is 1. The Morgan fingerprint density at radius 2 is 2.11 bits per heavy atom. The van der Waals surface area contributed by atoms with E-state index in [1.165, 1.54) is 24.8 Å². The van der Waals surface area contributed by atoms with Gasteiger partial charge in [0.05, 0.1) is 0 Å². The van der Waals surface area contributed by atoms with Gasteiger partial charge in [-0.15, -0.1) is 0 Å². The van der Waals surface area contributed by atoms with Crippen molar-refractivity contribution in [3.63, 3.8) is 0 Å². The topological polar surface area (TPSA) is 70.2 Å². The molecule has 2 aromatic rings. The summed E-state index contributed by atoms with van der Waals surface area (Å²) < 4.78 is 0. The van der Waals surface area contributed by atoms with E-state index in [-0.39, 0.29) is 5.56 Å². The fraction of sp³-hybridized carbons (Fsp3) is 0.333. The van der Waals surface area contributed by atoms with E-state index in [2.05, 4.69) is 4.98 Å². The van der Waals surface area contributed by atoms with Crippen LogP contribution in [0.25, 0.3) is 10.9 Å². The zero-order valence-electron chi connectivity index (χ0n) is 10.7. The first-order valence-electron chi connectivity index (χ1n) is 6.48. The molecule has 0 atom stereocenters. The number of H-pyrrole nitrogens is 1. The van der Waals surface area contributed by atoms with Crippen molar-refractivity contribution in [2.24, 2.45) is 0 Å². The monoisotopic (exact) mass is 257 g/mol. The minimum Gasteiger partial charge on any atom is -0.477 e. The minimum atomic E-state index is -1.18. The molecule has 1 saturated carbocycles. The van der Waals surface area contributed by atoms with E-state index in [0.717, 1.165) is 10.9 Å². The largest absolute Gasteiger partial charge is 0.477 e. The highest BCUT2D eigenvalue weighted by molar-refractivity contribution is 5.95. The second-order valence-corrected chi connectivity index (χ2v) is 5.19. The summed E-state index contributed by atoms with van der Waals surface area (Å²) in [6.45, 7) is 1.68. The summed E-state index contributed by atoms with van der Waals surface area (Å²) in [6.07, 6.45) is 3.65. The molecule has 1 aromatic carbocycles. The zero-order chi connectivity index (χ0) is 13.6. The number of carboxylic acids is 1. The Kier molecular flexibility index (Phi) is 2.66. The molecule has 1 fully saturated rings. The van der Waals surface area contributed by atoms with Crippen molar-refractivity contribution in [3.05, 3.63) is 45.2 Å². The van der Waals surface area contributed by atoms with Crippen LogP contribution in [0, 0.1) is 6.92 Å². The summed E-state index contributed by atoms with van der Waals surface area (Å²) in [5.41, 5.74) is 1.81. The van der Waals surface area contributed by atoms with Crippen molar-refractivity contribution in [1.82, 2.24) is 4.98 Å². The number of aryl methyl sites for hydroxylation is 1. The van der Waals surface area contributed by atoms with E-state index in [0.29, 0.717) is 11.5 Å². The maximum absolute atomic E-state index is 11.8. The Morgan fingerprint density at radius 3 is 2.68 bits per heavy atom. The lowest BCUT2D eigenvalue weighted by molar-refractivity contribution is 0.0694. The van der Waals surface area contributed by atoms with Crippen LogP contribution in [-0.2, 0) is 0 Å². The van der Waals surface area contributed by atoms with E-state index in [4.69, 9.17) is 5.11 Å². The third-order valence-electron chi connectivity index (χ3n) is 4.09. The second kappa shape index (κ2) is 4.23. The summed E-state index contributed by atoms with van der Waals surface area (Å²) in [7, 11) is 0. The van der Waals surface area contributed by atoms with Crippen LogP contribution in [-0.4, -0.2) is 16.1 Å². The number of rotatable bonds is 2. The normalized spacial score (nSPS) is 15.4. The molecule has 0 spiro atoms. The molecule has 0 amide bonds. The number of carboxylic acid groups (broad SMARTS) is 1. The number of aromatic amines is 1. The Labute approximate surface area is 110 Å². The molecule has 2 N–H and O–H groups in total. The molecule has 0 saturated heterocycles. The van der Waals surface area contributed by atoms with Crippen LogP contribution < -0.4 is 5.56 Å². The number of hydrogen-bond donors (Lipinski definition) is 2. The van der Waals surface area contributed by atoms with Crippen molar-refractivity contribution < 1.29 is 9.90 Å². The molecule has 4 heteroatoms. The molecule has 98 valence electrons. The Balaban J connectivity index is 2.23. The lowest BCUT2D eigenvalue weighted by Gasteiger charge is -2.26. The summed E-state index contributed by atoms with van der Waals surface area (Å²) in [5.74, 6) is -0.587. The molecule has 0 radical (unpaired) electrons. The highest BCUT2D eigenvalue weighted by Crippen LogP contribution is 2.37. The average Bonchev–Trinajstić information content (AvgIpc) is 2.25. The molecule has 0 unspecified atom stereocenters. The van der Waals surface area contributed by atoms with Gasteiger partial charge in [-0.25, -0.2) is 4.79 Å². The van der Waals surface area contributed by atoms with Gasteiger partial charge >= 0.3 is 5.97 Å². The third-order valence-corrected chi connectivity index (χ3v) is 4.09. The Morgan fingerprint density at radius 1 is 1.37 bits per heavy atom. The Bertz CT molecular complexity index is 726. The summed E-state index contributed by atoms with van der Waals surface area (Å²) in [5, 5.41) is 9.88. The smallest absolute Gasteiger partial charge is 0.341 e. The molecular formula is C15H15NO3. The highest BCUT2D eigenvalue weighted by Gasteiger charge is 2.21. The van der Waals surface area contributed by atoms with E-state index in [1.54, 1.807) is 6.92 Å². The number of aromatic carboxylic acids is 1. The van der Waals surface area contributed by atoms with E-state index in [9.17, 15) is 9.59 Å². The standard InChI is InChI=1S/C15H15NO3/c1-8-11-6-5-10(9-3-2-4-9)7-12(11)16-14(17)13(8)15(18)19/h5-7,9H,2-4H2,1H3,(H,16,17)(H,18,19). The molecule has 19 heavy (non-hydrogen) atoms. The van der Waals surface area contributed by atoms with Gasteiger partial charge in [0.25, 0.3) is 5.56 Å². The van der Waals surface area contributed by atoms with Gasteiger partial charge in [-0.1, -0.05) is 18.6 Å². The maximum Gasteiger partial charge on any atom is 0.341 e. The number of carbonyl (C=O) groups is 1. The maximum atomic E-state index is 11.8. The van der Waals surface area contributed by atoms with Gasteiger partial charge in [0.2, 0.25) is 0 Å². The fourth-order valence-corrected chi connectivity index (χ4v) is 2.74. The molecule has 1 aliphatic rings. The lowest BCUT2D eigenvalue weighted by Crippen LogP contribution is -2.19. The van der Waals surface area contributed by atoms with E-state index in [1.807, 2.05) is 18.2 Å². The number of nitrogens with one attached hydrogen (secondary N) is 1. The van der Waals surface area contributed by atoms with Gasteiger partial charge in [0, 0.05) is 10.9 Å². The molecule has 1 aliphatic carbocycles. The van der Waals surface area contributed by atoms with Crippen molar-refractivity contribution in [3.8, 4) is 0 Å². The molecule has 1 heterocycles. The average molecular weight is 257 g/mol. The summed E-state index contributed by atoms with van der Waals surface area (Å²) in [6, 6.07) is 5.95. The predicted octanol–water partition coefficient (Wildman–Crippen LogP) is 2.80. The van der Waals surface area contributed by atoms with Crippen LogP contribution in [0.1, 0.15) is 46.7 Å². The number of aromatic nitrogens is 1. The third kappa shape index (κ3) is 1.84. The molecule has 0 bridgehead atoms. The van der Waals surface area contributed by atoms with Gasteiger partial charge < -0.3 is 10.1 Å². The van der Waals surface area contributed by atoms with Crippen molar-refractivity contribution in [1.29, 1.82) is 0 Å². The van der Waals surface area contributed by atoms with E-state index >= 15 is 0 Å². The fourth-order valence-electron chi connectivity index (χ4n) is 2.74. The van der Waals surface area contributed by atoms with Crippen LogP contribution in [0.5, 0.6) is 0 Å². The zero-order valence-corrected chi connectivity index (χ0v) is 10.7. The van der Waals surface area contributed by atoms with Gasteiger partial charge in [0.15, 0.2) is 0 Å². The first kappa shape index (κ1) is 12.0. The number of benzene rings is 1. The van der Waals surface area contributed by atoms with E-state index < -0.39 is 11.5 Å².